The van der Waals surface area contributed by atoms with Gasteiger partial charge in [0.05, 0.1) is 29.9 Å². The molecule has 2 heterocycles. The van der Waals surface area contributed by atoms with Crippen molar-refractivity contribution in [3.05, 3.63) is 42.6 Å². The molecule has 1 aromatic heterocycles. The summed E-state index contributed by atoms with van der Waals surface area (Å²) in [5.41, 5.74) is 1.02. The maximum atomic E-state index is 12.4. The molecule has 1 aromatic carbocycles. The number of nitrogens with one attached hydrogen (secondary N) is 2. The Labute approximate surface area is 165 Å². The molecule has 28 heavy (non-hydrogen) atoms. The maximum Gasteiger partial charge on any atom is 0.243 e. The van der Waals surface area contributed by atoms with Crippen molar-refractivity contribution < 1.29 is 17.9 Å². The van der Waals surface area contributed by atoms with Crippen LogP contribution in [0.15, 0.2) is 47.5 Å². The van der Waals surface area contributed by atoms with Gasteiger partial charge >= 0.3 is 0 Å². The van der Waals surface area contributed by atoms with E-state index in [4.69, 9.17) is 4.74 Å². The number of methoxy groups -OCH3 is 1. The molecule has 0 bridgehead atoms. The third kappa shape index (κ3) is 4.79. The molecule has 0 radical (unpaired) electrons. The van der Waals surface area contributed by atoms with Crippen LogP contribution < -0.4 is 19.7 Å². The lowest BCUT2D eigenvalue weighted by Gasteiger charge is -2.18. The number of sulfonamides is 1. The number of hydrogen-bond acceptors (Lipinski definition) is 6. The van der Waals surface area contributed by atoms with Gasteiger partial charge in [0, 0.05) is 13.1 Å². The third-order valence-electron chi connectivity index (χ3n) is 4.57. The lowest BCUT2D eigenvalue weighted by atomic mass is 10.3. The van der Waals surface area contributed by atoms with Gasteiger partial charge < -0.3 is 15.0 Å². The average Bonchev–Trinajstić information content (AvgIpc) is 3.23. The zero-order valence-corrected chi connectivity index (χ0v) is 16.7. The van der Waals surface area contributed by atoms with Gasteiger partial charge in [0.15, 0.2) is 0 Å². The highest BCUT2D eigenvalue weighted by Gasteiger charge is 2.22. The number of benzene rings is 1. The topological polar surface area (TPSA) is 101 Å². The molecule has 1 atom stereocenters. The smallest absolute Gasteiger partial charge is 0.243 e. The number of anilines is 2. The SMILES string of the molecule is COc1ccc(S(=O)(=O)N[C@@H](C)C(=O)Nc2ccc(N3CCCC3)cn2)cc1. The van der Waals surface area contributed by atoms with Crippen LogP contribution in [0.5, 0.6) is 5.75 Å². The second-order valence-electron chi connectivity index (χ2n) is 6.60. The monoisotopic (exact) mass is 404 g/mol. The summed E-state index contributed by atoms with van der Waals surface area (Å²) in [7, 11) is -2.33. The zero-order valence-electron chi connectivity index (χ0n) is 15.9. The molecule has 2 N–H and O–H groups in total. The van der Waals surface area contributed by atoms with Crippen LogP contribution in [0.2, 0.25) is 0 Å². The molecule has 0 aliphatic carbocycles. The van der Waals surface area contributed by atoms with Gasteiger partial charge in [-0.05, 0) is 56.2 Å². The third-order valence-corrected chi connectivity index (χ3v) is 6.12. The van der Waals surface area contributed by atoms with Crippen molar-refractivity contribution >= 4 is 27.4 Å². The molecular formula is C19H24N4O4S. The van der Waals surface area contributed by atoms with E-state index in [0.717, 1.165) is 18.8 Å². The van der Waals surface area contributed by atoms with E-state index >= 15 is 0 Å². The Morgan fingerprint density at radius 2 is 1.82 bits per heavy atom. The molecule has 150 valence electrons. The van der Waals surface area contributed by atoms with Gasteiger partial charge in [0.25, 0.3) is 0 Å². The first kappa shape index (κ1) is 20.1. The van der Waals surface area contributed by atoms with E-state index < -0.39 is 22.0 Å². The molecule has 2 aromatic rings. The molecule has 1 saturated heterocycles. The number of aromatic nitrogens is 1. The Morgan fingerprint density at radius 1 is 1.14 bits per heavy atom. The number of rotatable bonds is 7. The Hall–Kier alpha value is -2.65. The summed E-state index contributed by atoms with van der Waals surface area (Å²) >= 11 is 0. The minimum absolute atomic E-state index is 0.0565. The van der Waals surface area contributed by atoms with Gasteiger partial charge in [-0.15, -0.1) is 0 Å². The number of carbonyl (C=O) groups is 1. The van der Waals surface area contributed by atoms with Gasteiger partial charge in [-0.1, -0.05) is 0 Å². The zero-order chi connectivity index (χ0) is 20.1. The number of hydrogen-bond donors (Lipinski definition) is 2. The van der Waals surface area contributed by atoms with Crippen molar-refractivity contribution in [2.45, 2.75) is 30.7 Å². The van der Waals surface area contributed by atoms with E-state index in [1.165, 1.54) is 39.0 Å². The van der Waals surface area contributed by atoms with Gasteiger partial charge in [-0.2, -0.15) is 4.72 Å². The van der Waals surface area contributed by atoms with E-state index in [9.17, 15) is 13.2 Å². The Balaban J connectivity index is 1.60. The first-order valence-corrected chi connectivity index (χ1v) is 10.6. The molecule has 9 heteroatoms. The summed E-state index contributed by atoms with van der Waals surface area (Å²) in [5, 5.41) is 2.64. The Kier molecular flexibility index (Phi) is 6.15. The molecule has 1 fully saturated rings. The van der Waals surface area contributed by atoms with Gasteiger partial charge in [-0.3, -0.25) is 4.79 Å². The summed E-state index contributed by atoms with van der Waals surface area (Å²) in [4.78, 5) is 18.9. The highest BCUT2D eigenvalue weighted by molar-refractivity contribution is 7.89. The Morgan fingerprint density at radius 3 is 2.39 bits per heavy atom. The minimum Gasteiger partial charge on any atom is -0.497 e. The van der Waals surface area contributed by atoms with E-state index in [1.54, 1.807) is 24.4 Å². The molecule has 3 rings (SSSR count). The lowest BCUT2D eigenvalue weighted by Crippen LogP contribution is -2.41. The quantitative estimate of drug-likeness (QED) is 0.732. The largest absolute Gasteiger partial charge is 0.497 e. The van der Waals surface area contributed by atoms with E-state index in [0.29, 0.717) is 11.6 Å². The second-order valence-corrected chi connectivity index (χ2v) is 8.32. The Bertz CT molecular complexity index is 908. The molecule has 0 spiro atoms. The van der Waals surface area contributed by atoms with Crippen LogP contribution in [0.25, 0.3) is 0 Å². The van der Waals surface area contributed by atoms with Gasteiger partial charge in [0.2, 0.25) is 15.9 Å². The highest BCUT2D eigenvalue weighted by Crippen LogP contribution is 2.20. The summed E-state index contributed by atoms with van der Waals surface area (Å²) < 4.78 is 32.3. The van der Waals surface area contributed by atoms with Crippen molar-refractivity contribution in [3.8, 4) is 5.75 Å². The van der Waals surface area contributed by atoms with Gasteiger partial charge in [-0.25, -0.2) is 13.4 Å². The van der Waals surface area contributed by atoms with Crippen LogP contribution in [0.3, 0.4) is 0 Å². The molecule has 0 saturated carbocycles. The van der Waals surface area contributed by atoms with Crippen LogP contribution in [0.1, 0.15) is 19.8 Å². The van der Waals surface area contributed by atoms with Crippen molar-refractivity contribution in [2.75, 3.05) is 30.4 Å². The summed E-state index contributed by atoms with van der Waals surface area (Å²) in [6, 6.07) is 8.59. The lowest BCUT2D eigenvalue weighted by molar-refractivity contribution is -0.117. The molecule has 1 aliphatic heterocycles. The van der Waals surface area contributed by atoms with Crippen LogP contribution in [0, 0.1) is 0 Å². The number of ether oxygens (including phenoxy) is 1. The highest BCUT2D eigenvalue weighted by atomic mass is 32.2. The molecular weight excluding hydrogens is 380 g/mol. The first-order chi connectivity index (χ1) is 13.4. The van der Waals surface area contributed by atoms with E-state index in [-0.39, 0.29) is 4.90 Å². The van der Waals surface area contributed by atoms with Crippen molar-refractivity contribution in [1.29, 1.82) is 0 Å². The number of nitrogens with zero attached hydrogens (tertiary/aromatic N) is 2. The van der Waals surface area contributed by atoms with Gasteiger partial charge in [0.1, 0.15) is 11.6 Å². The summed E-state index contributed by atoms with van der Waals surface area (Å²) in [6.07, 6.45) is 4.06. The van der Waals surface area contributed by atoms with E-state index in [1.807, 2.05) is 6.07 Å². The fourth-order valence-electron chi connectivity index (χ4n) is 2.97. The molecule has 8 nitrogen and oxygen atoms in total. The standard InChI is InChI=1S/C19H24N4O4S/c1-14(22-28(25,26)17-8-6-16(27-2)7-9-17)19(24)21-18-10-5-15(13-20-18)23-11-3-4-12-23/h5-10,13-14,22H,3-4,11-12H2,1-2H3,(H,20,21,24)/t14-/m0/s1. The van der Waals surface area contributed by atoms with Crippen molar-refractivity contribution in [2.24, 2.45) is 0 Å². The number of amides is 1. The average molecular weight is 404 g/mol. The number of pyridine rings is 1. The van der Waals surface area contributed by atoms with Crippen LogP contribution in [-0.4, -0.2) is 45.6 Å². The van der Waals surface area contributed by atoms with E-state index in [2.05, 4.69) is 19.9 Å². The van der Waals surface area contributed by atoms with Crippen LogP contribution in [-0.2, 0) is 14.8 Å². The predicted octanol–water partition coefficient (Wildman–Crippen LogP) is 2.00. The fraction of sp³-hybridized carbons (Fsp3) is 0.368. The van der Waals surface area contributed by atoms with Crippen LogP contribution >= 0.6 is 0 Å². The molecule has 1 aliphatic rings. The minimum atomic E-state index is -3.83. The number of carbonyl (C=O) groups excluding carboxylic acids is 1. The first-order valence-electron chi connectivity index (χ1n) is 9.07. The van der Waals surface area contributed by atoms with Crippen LogP contribution in [0.4, 0.5) is 11.5 Å². The second kappa shape index (κ2) is 8.57. The molecule has 1 amide bonds. The summed E-state index contributed by atoms with van der Waals surface area (Å²) in [5.74, 6) is 0.440. The maximum absolute atomic E-state index is 12.4. The fourth-order valence-corrected chi connectivity index (χ4v) is 4.17. The molecule has 0 unspecified atom stereocenters. The predicted molar refractivity (Wildman–Crippen MR) is 107 cm³/mol. The summed E-state index contributed by atoms with van der Waals surface area (Å²) in [6.45, 7) is 3.50. The van der Waals surface area contributed by atoms with Crippen molar-refractivity contribution in [3.63, 3.8) is 0 Å². The normalized spacial score (nSPS) is 15.3. The van der Waals surface area contributed by atoms with Crippen molar-refractivity contribution in [1.82, 2.24) is 9.71 Å².